The largest absolute Gasteiger partial charge is 0.481 e. The Morgan fingerprint density at radius 3 is 1.67 bits per heavy atom. The minimum atomic E-state index is -3.16. The zero-order valence-electron chi connectivity index (χ0n) is 14.1. The summed E-state index contributed by atoms with van der Waals surface area (Å²) in [5.41, 5.74) is 0. The van der Waals surface area contributed by atoms with Crippen LogP contribution in [0, 0.1) is 11.8 Å². The Bertz CT molecular complexity index is 389. The third-order valence-corrected chi connectivity index (χ3v) is 8.92. The van der Waals surface area contributed by atoms with Crippen molar-refractivity contribution in [3.63, 3.8) is 0 Å². The fourth-order valence-corrected chi connectivity index (χ4v) is 6.05. The third-order valence-electron chi connectivity index (χ3n) is 3.97. The van der Waals surface area contributed by atoms with Gasteiger partial charge in [-0.1, -0.05) is 54.7 Å². The van der Waals surface area contributed by atoms with Gasteiger partial charge in [0.1, 0.15) is 0 Å². The Hall–Kier alpha value is -1.36. The fraction of sp³-hybridized carbons (Fsp3) is 0.625. The normalized spacial score (nSPS) is 12.2. The first-order valence-electron chi connectivity index (χ1n) is 7.23. The monoisotopic (exact) mass is 312 g/mol. The van der Waals surface area contributed by atoms with E-state index in [0.717, 1.165) is 12.2 Å². The Labute approximate surface area is 129 Å². The molecule has 0 unspecified atom stereocenters. The molecule has 120 valence electrons. The minimum absolute atomic E-state index is 0.179. The maximum absolute atomic E-state index is 11.8. The van der Waals surface area contributed by atoms with E-state index in [1.807, 2.05) is 41.5 Å². The first-order valence-corrected chi connectivity index (χ1v) is 9.25. The van der Waals surface area contributed by atoms with Crippen LogP contribution in [-0.2, 0) is 18.4 Å². The number of hydrogen-bond donors (Lipinski definition) is 0. The molecule has 0 spiro atoms. The standard InChI is InChI=1S/C16H28O4Si/c1-9-14(17)19-21(11-12(3)4,20-15(18)10-2)16(7,8)13(5)6/h9-10,12-13H,1-2,11H2,3-8H3. The molecule has 5 heteroatoms. The van der Waals surface area contributed by atoms with Crippen LogP contribution in [0.5, 0.6) is 0 Å². The highest BCUT2D eigenvalue weighted by atomic mass is 28.4. The van der Waals surface area contributed by atoms with Crippen molar-refractivity contribution in [1.82, 2.24) is 0 Å². The molecule has 0 rings (SSSR count). The van der Waals surface area contributed by atoms with Crippen molar-refractivity contribution in [2.24, 2.45) is 11.8 Å². The molecular weight excluding hydrogens is 284 g/mol. The van der Waals surface area contributed by atoms with Gasteiger partial charge >= 0.3 is 20.5 Å². The molecule has 0 heterocycles. The molecule has 0 aromatic carbocycles. The Kier molecular flexibility index (Phi) is 7.10. The van der Waals surface area contributed by atoms with Gasteiger partial charge in [-0.15, -0.1) is 0 Å². The summed E-state index contributed by atoms with van der Waals surface area (Å²) in [5.74, 6) is -0.691. The lowest BCUT2D eigenvalue weighted by molar-refractivity contribution is -0.137. The molecule has 0 N–H and O–H groups in total. The van der Waals surface area contributed by atoms with Crippen LogP contribution >= 0.6 is 0 Å². The van der Waals surface area contributed by atoms with Crippen molar-refractivity contribution in [2.75, 3.05) is 0 Å². The van der Waals surface area contributed by atoms with E-state index in [2.05, 4.69) is 13.2 Å². The summed E-state index contributed by atoms with van der Waals surface area (Å²) >= 11 is 0. The van der Waals surface area contributed by atoms with Gasteiger partial charge in [-0.05, 0) is 11.8 Å². The summed E-state index contributed by atoms with van der Waals surface area (Å²) in [6.07, 6.45) is 2.22. The van der Waals surface area contributed by atoms with E-state index in [1.165, 1.54) is 0 Å². The van der Waals surface area contributed by atoms with Crippen molar-refractivity contribution in [3.05, 3.63) is 25.3 Å². The summed E-state index contributed by atoms with van der Waals surface area (Å²) in [5, 5.41) is -0.436. The number of hydrogen-bond acceptors (Lipinski definition) is 4. The van der Waals surface area contributed by atoms with Crippen LogP contribution in [0.3, 0.4) is 0 Å². The van der Waals surface area contributed by atoms with Gasteiger partial charge in [-0.2, -0.15) is 0 Å². The molecule has 0 saturated carbocycles. The number of carbonyl (C=O) groups excluding carboxylic acids is 2. The van der Waals surface area contributed by atoms with Gasteiger partial charge in [0, 0.05) is 23.2 Å². The highest BCUT2D eigenvalue weighted by Crippen LogP contribution is 2.48. The molecule has 0 atom stereocenters. The minimum Gasteiger partial charge on any atom is -0.481 e. The number of rotatable bonds is 8. The SMILES string of the molecule is C=CC(=O)O[Si](CC(C)C)(OC(=O)C=C)C(C)(C)C(C)C. The molecule has 0 aliphatic carbocycles. The molecule has 0 aromatic heterocycles. The van der Waals surface area contributed by atoms with Gasteiger partial charge in [-0.25, -0.2) is 9.59 Å². The van der Waals surface area contributed by atoms with Crippen molar-refractivity contribution < 1.29 is 18.4 Å². The van der Waals surface area contributed by atoms with Gasteiger partial charge in [0.25, 0.3) is 0 Å². The number of carbonyl (C=O) groups is 2. The van der Waals surface area contributed by atoms with E-state index < -0.39 is 25.5 Å². The van der Waals surface area contributed by atoms with Crippen LogP contribution in [0.2, 0.25) is 11.1 Å². The van der Waals surface area contributed by atoms with Gasteiger partial charge in [0.2, 0.25) is 0 Å². The summed E-state index contributed by atoms with van der Waals surface area (Å²) in [7, 11) is -3.16. The van der Waals surface area contributed by atoms with Gasteiger partial charge in [0.15, 0.2) is 0 Å². The maximum Gasteiger partial charge on any atom is 0.471 e. The summed E-state index contributed by atoms with van der Waals surface area (Å²) in [6.45, 7) is 18.9. The fourth-order valence-electron chi connectivity index (χ4n) is 2.02. The van der Waals surface area contributed by atoms with E-state index in [0.29, 0.717) is 6.04 Å². The Balaban J connectivity index is 5.92. The second kappa shape index (κ2) is 7.59. The molecule has 21 heavy (non-hydrogen) atoms. The quantitative estimate of drug-likeness (QED) is 0.502. The van der Waals surface area contributed by atoms with E-state index in [9.17, 15) is 9.59 Å². The van der Waals surface area contributed by atoms with E-state index >= 15 is 0 Å². The molecule has 0 amide bonds. The molecule has 0 radical (unpaired) electrons. The van der Waals surface area contributed by atoms with Gasteiger partial charge in [-0.3, -0.25) is 0 Å². The van der Waals surface area contributed by atoms with Crippen molar-refractivity contribution in [2.45, 2.75) is 52.6 Å². The van der Waals surface area contributed by atoms with Crippen LogP contribution in [0.1, 0.15) is 41.5 Å². The Morgan fingerprint density at radius 2 is 1.43 bits per heavy atom. The molecule has 0 aromatic rings. The summed E-state index contributed by atoms with van der Waals surface area (Å²) < 4.78 is 11.4. The summed E-state index contributed by atoms with van der Waals surface area (Å²) in [6, 6.07) is 0.539. The molecule has 0 fully saturated rings. The first kappa shape index (κ1) is 19.6. The van der Waals surface area contributed by atoms with E-state index in [-0.39, 0.29) is 11.8 Å². The van der Waals surface area contributed by atoms with Crippen LogP contribution in [-0.4, -0.2) is 20.5 Å². The second-order valence-corrected chi connectivity index (χ2v) is 10.1. The lowest BCUT2D eigenvalue weighted by Crippen LogP contribution is -2.56. The lowest BCUT2D eigenvalue weighted by atomic mass is 9.99. The lowest BCUT2D eigenvalue weighted by Gasteiger charge is -2.44. The highest BCUT2D eigenvalue weighted by Gasteiger charge is 2.59. The zero-order valence-corrected chi connectivity index (χ0v) is 15.1. The average Bonchev–Trinajstić information content (AvgIpc) is 2.36. The summed E-state index contributed by atoms with van der Waals surface area (Å²) in [4.78, 5) is 23.7. The molecule has 0 bridgehead atoms. The van der Waals surface area contributed by atoms with E-state index in [4.69, 9.17) is 8.85 Å². The predicted octanol–water partition coefficient (Wildman–Crippen LogP) is 3.98. The van der Waals surface area contributed by atoms with Gasteiger partial charge in [0.05, 0.1) is 0 Å². The van der Waals surface area contributed by atoms with Crippen LogP contribution < -0.4 is 0 Å². The second-order valence-electron chi connectivity index (χ2n) is 6.48. The van der Waals surface area contributed by atoms with Gasteiger partial charge < -0.3 is 8.85 Å². The van der Waals surface area contributed by atoms with E-state index in [1.54, 1.807) is 0 Å². The van der Waals surface area contributed by atoms with Crippen LogP contribution in [0.15, 0.2) is 25.3 Å². The molecule has 0 aliphatic rings. The predicted molar refractivity (Wildman–Crippen MR) is 86.9 cm³/mol. The first-order chi connectivity index (χ1) is 9.52. The topological polar surface area (TPSA) is 52.6 Å². The third kappa shape index (κ3) is 4.84. The molecule has 0 saturated heterocycles. The maximum atomic E-state index is 11.8. The molecule has 0 aliphatic heterocycles. The zero-order chi connectivity index (χ0) is 16.8. The Morgan fingerprint density at radius 1 is 1.05 bits per heavy atom. The molecule has 4 nitrogen and oxygen atoms in total. The van der Waals surface area contributed by atoms with Crippen molar-refractivity contribution in [3.8, 4) is 0 Å². The smallest absolute Gasteiger partial charge is 0.471 e. The van der Waals surface area contributed by atoms with Crippen LogP contribution in [0.25, 0.3) is 0 Å². The molecular formula is C16H28O4Si. The van der Waals surface area contributed by atoms with Crippen LogP contribution in [0.4, 0.5) is 0 Å². The van der Waals surface area contributed by atoms with Crippen molar-refractivity contribution in [1.29, 1.82) is 0 Å². The van der Waals surface area contributed by atoms with Crippen molar-refractivity contribution >= 4 is 20.5 Å². The average molecular weight is 312 g/mol. The highest BCUT2D eigenvalue weighted by molar-refractivity contribution is 6.73.